The molecule has 2 aliphatic heterocycles. The first-order valence-electron chi connectivity index (χ1n) is 19.5. The lowest BCUT2D eigenvalue weighted by Crippen LogP contribution is -2.51. The number of carbonyl (C=O) groups excluding carboxylic acids is 8. The topological polar surface area (TPSA) is 343 Å². The Morgan fingerprint density at radius 3 is 0.552 bits per heavy atom. The van der Waals surface area contributed by atoms with E-state index in [-0.39, 0.29) is 77.3 Å². The quantitative estimate of drug-likeness (QED) is 0.0561. The summed E-state index contributed by atoms with van der Waals surface area (Å²) in [5, 5.41) is 5.65. The summed E-state index contributed by atoms with van der Waals surface area (Å²) in [4.78, 5) is 112. The van der Waals surface area contributed by atoms with Gasteiger partial charge in [-0.2, -0.15) is 0 Å². The standard InChI is InChI=1S/C34H66N16O8/c35-27(51)19-43-3-7-45(21-29(37)53)11-15-49(16-12-46(8-4-43)22-30(38)54)25-33(57)41-1-2-42-34(58)26-50-17-13-47(23-31(39)55)9-5-44(20-28(36)52)6-10-48(14-18-50)24-32(40)56/h1-26H2,(H2,35,51)(H2,36,52)(H2,37,53)(H2,38,54)(H2,39,55)(H2,40,56)(H,41,57)(H,42,58). The summed E-state index contributed by atoms with van der Waals surface area (Å²) in [6, 6.07) is 0. The minimum atomic E-state index is -0.513. The molecule has 2 rings (SSSR count). The summed E-state index contributed by atoms with van der Waals surface area (Å²) in [6.45, 7) is 6.82. The maximum Gasteiger partial charge on any atom is 0.234 e. The molecule has 24 nitrogen and oxygen atoms in total. The van der Waals surface area contributed by atoms with Gasteiger partial charge in [0.25, 0.3) is 0 Å². The fraction of sp³-hybridized carbons (Fsp3) is 0.765. The average molecular weight is 827 g/mol. The van der Waals surface area contributed by atoms with Gasteiger partial charge in [-0.25, -0.2) is 0 Å². The predicted octanol–water partition coefficient (Wildman–Crippen LogP) is -9.43. The molecule has 8 amide bonds. The van der Waals surface area contributed by atoms with Crippen LogP contribution in [0.5, 0.6) is 0 Å². The van der Waals surface area contributed by atoms with Crippen molar-refractivity contribution in [3.05, 3.63) is 0 Å². The fourth-order valence-corrected chi connectivity index (χ4v) is 6.67. The second-order valence-electron chi connectivity index (χ2n) is 14.7. The number of hydrogen-bond acceptors (Lipinski definition) is 16. The minimum absolute atomic E-state index is 0.00818. The highest BCUT2D eigenvalue weighted by molar-refractivity contribution is 5.80. The molecule has 0 aromatic carbocycles. The third kappa shape index (κ3) is 23.6. The maximum atomic E-state index is 13.1. The summed E-state index contributed by atoms with van der Waals surface area (Å²) in [6.07, 6.45) is 0. The lowest BCUT2D eigenvalue weighted by molar-refractivity contribution is -0.124. The van der Waals surface area contributed by atoms with Crippen LogP contribution in [0, 0.1) is 0 Å². The van der Waals surface area contributed by atoms with Crippen LogP contribution in [0.25, 0.3) is 0 Å². The van der Waals surface area contributed by atoms with Crippen molar-refractivity contribution in [3.8, 4) is 0 Å². The lowest BCUT2D eigenvalue weighted by atomic mass is 10.3. The molecule has 0 aromatic heterocycles. The monoisotopic (exact) mass is 827 g/mol. The van der Waals surface area contributed by atoms with E-state index < -0.39 is 35.4 Å². The minimum Gasteiger partial charge on any atom is -0.369 e. The number of carbonyl (C=O) groups is 8. The van der Waals surface area contributed by atoms with E-state index in [0.29, 0.717) is 105 Å². The zero-order chi connectivity index (χ0) is 43.0. The van der Waals surface area contributed by atoms with Gasteiger partial charge in [-0.15, -0.1) is 0 Å². The summed E-state index contributed by atoms with van der Waals surface area (Å²) in [5.41, 5.74) is 32.9. The molecule has 2 saturated heterocycles. The number of rotatable bonds is 19. The van der Waals surface area contributed by atoms with E-state index in [1.807, 2.05) is 39.2 Å². The van der Waals surface area contributed by atoms with Crippen molar-refractivity contribution in [2.24, 2.45) is 34.4 Å². The smallest absolute Gasteiger partial charge is 0.234 e. The highest BCUT2D eigenvalue weighted by Crippen LogP contribution is 2.03. The van der Waals surface area contributed by atoms with Gasteiger partial charge in [0.1, 0.15) is 0 Å². The second-order valence-corrected chi connectivity index (χ2v) is 14.7. The zero-order valence-electron chi connectivity index (χ0n) is 33.7. The molecule has 0 radical (unpaired) electrons. The number of nitrogens with two attached hydrogens (primary N) is 6. The Morgan fingerprint density at radius 1 is 0.276 bits per heavy atom. The van der Waals surface area contributed by atoms with Gasteiger partial charge in [-0.3, -0.25) is 77.6 Å². The number of primary amides is 6. The van der Waals surface area contributed by atoms with Crippen molar-refractivity contribution in [1.82, 2.24) is 49.8 Å². The molecule has 0 aliphatic carbocycles. The van der Waals surface area contributed by atoms with Gasteiger partial charge in [-0.05, 0) is 0 Å². The van der Waals surface area contributed by atoms with E-state index in [4.69, 9.17) is 34.4 Å². The molecule has 0 spiro atoms. The van der Waals surface area contributed by atoms with Crippen molar-refractivity contribution < 1.29 is 38.4 Å². The van der Waals surface area contributed by atoms with Crippen LogP contribution in [0.3, 0.4) is 0 Å². The van der Waals surface area contributed by atoms with Crippen LogP contribution in [0.15, 0.2) is 0 Å². The molecule has 2 fully saturated rings. The van der Waals surface area contributed by atoms with Crippen molar-refractivity contribution in [1.29, 1.82) is 0 Å². The molecule has 14 N–H and O–H groups in total. The molecule has 330 valence electrons. The normalized spacial score (nSPS) is 19.4. The van der Waals surface area contributed by atoms with Gasteiger partial charge in [0, 0.05) is 118 Å². The number of nitrogens with one attached hydrogen (secondary N) is 2. The first kappa shape index (κ1) is 49.6. The van der Waals surface area contributed by atoms with Crippen LogP contribution in [0.2, 0.25) is 0 Å². The van der Waals surface area contributed by atoms with Gasteiger partial charge in [0.2, 0.25) is 47.3 Å². The predicted molar refractivity (Wildman–Crippen MR) is 213 cm³/mol. The Bertz CT molecular complexity index is 1210. The molecule has 0 unspecified atom stereocenters. The molecule has 58 heavy (non-hydrogen) atoms. The molecule has 0 bridgehead atoms. The lowest BCUT2D eigenvalue weighted by Gasteiger charge is -2.33. The Balaban J connectivity index is 1.99. The Labute approximate surface area is 339 Å². The Morgan fingerprint density at radius 2 is 0.414 bits per heavy atom. The largest absolute Gasteiger partial charge is 0.369 e. The summed E-state index contributed by atoms with van der Waals surface area (Å²) < 4.78 is 0. The van der Waals surface area contributed by atoms with E-state index in [9.17, 15) is 38.4 Å². The first-order chi connectivity index (χ1) is 27.5. The summed E-state index contributed by atoms with van der Waals surface area (Å²) >= 11 is 0. The molecular formula is C34H66N16O8. The highest BCUT2D eigenvalue weighted by Gasteiger charge is 2.22. The van der Waals surface area contributed by atoms with E-state index >= 15 is 0 Å². The van der Waals surface area contributed by atoms with Crippen molar-refractivity contribution >= 4 is 47.3 Å². The molecule has 0 saturated carbocycles. The van der Waals surface area contributed by atoms with Gasteiger partial charge >= 0.3 is 0 Å². The van der Waals surface area contributed by atoms with Crippen LogP contribution in [-0.4, -0.2) is 257 Å². The molecule has 2 heterocycles. The average Bonchev–Trinajstić information content (AvgIpc) is 3.11. The Hall–Kier alpha value is -4.56. The first-order valence-corrected chi connectivity index (χ1v) is 19.5. The molecule has 2 aliphatic rings. The van der Waals surface area contributed by atoms with Crippen molar-refractivity contribution in [2.75, 3.05) is 170 Å². The molecule has 0 atom stereocenters. The van der Waals surface area contributed by atoms with Crippen LogP contribution in [-0.2, 0) is 38.4 Å². The SMILES string of the molecule is NC(=O)CN1CCN(CC(N)=O)CCN(CC(=O)NCCNC(=O)CN2CCN(CC(N)=O)CCN(CC(N)=O)CCN(CC(N)=O)CC2)CCN(CC(N)=O)CC1. The third-order valence-electron chi connectivity index (χ3n) is 9.64. The fourth-order valence-electron chi connectivity index (χ4n) is 6.67. The van der Waals surface area contributed by atoms with Crippen LogP contribution in [0.1, 0.15) is 0 Å². The van der Waals surface area contributed by atoms with E-state index in [1.165, 1.54) is 0 Å². The Kier molecular flexibility index (Phi) is 23.2. The van der Waals surface area contributed by atoms with Crippen LogP contribution in [0.4, 0.5) is 0 Å². The van der Waals surface area contributed by atoms with Crippen molar-refractivity contribution in [2.45, 2.75) is 0 Å². The number of hydrogen-bond donors (Lipinski definition) is 8. The summed E-state index contributed by atoms with van der Waals surface area (Å²) in [5.74, 6) is -3.64. The zero-order valence-corrected chi connectivity index (χ0v) is 33.7. The van der Waals surface area contributed by atoms with E-state index in [0.717, 1.165) is 0 Å². The van der Waals surface area contributed by atoms with Gasteiger partial charge in [0.05, 0.1) is 52.4 Å². The molecule has 24 heteroatoms. The number of amides is 8. The second kappa shape index (κ2) is 27.2. The van der Waals surface area contributed by atoms with Crippen LogP contribution < -0.4 is 45.0 Å². The van der Waals surface area contributed by atoms with Gasteiger partial charge in [0.15, 0.2) is 0 Å². The molecule has 0 aromatic rings. The highest BCUT2D eigenvalue weighted by atomic mass is 16.2. The summed E-state index contributed by atoms with van der Waals surface area (Å²) in [7, 11) is 0. The van der Waals surface area contributed by atoms with E-state index in [2.05, 4.69) is 10.6 Å². The maximum absolute atomic E-state index is 13.1. The molecular weight excluding hydrogens is 760 g/mol. The van der Waals surface area contributed by atoms with Crippen LogP contribution >= 0.6 is 0 Å². The van der Waals surface area contributed by atoms with Crippen molar-refractivity contribution in [3.63, 3.8) is 0 Å². The van der Waals surface area contributed by atoms with Gasteiger partial charge in [-0.1, -0.05) is 0 Å². The van der Waals surface area contributed by atoms with E-state index in [1.54, 1.807) is 0 Å². The number of nitrogens with zero attached hydrogens (tertiary/aromatic N) is 8. The van der Waals surface area contributed by atoms with Gasteiger partial charge < -0.3 is 45.0 Å². The third-order valence-corrected chi connectivity index (χ3v) is 9.64.